The summed E-state index contributed by atoms with van der Waals surface area (Å²) in [5.41, 5.74) is 7.10. The van der Waals surface area contributed by atoms with E-state index in [4.69, 9.17) is 9.47 Å². The maximum Gasteiger partial charge on any atom is 0.150 e. The molecule has 0 saturated carbocycles. The molecule has 2 aliphatic heterocycles. The highest BCUT2D eigenvalue weighted by Gasteiger charge is 2.11. The maximum atomic E-state index is 10.4. The zero-order valence-corrected chi connectivity index (χ0v) is 13.8. The van der Waals surface area contributed by atoms with Gasteiger partial charge >= 0.3 is 0 Å². The fourth-order valence-corrected chi connectivity index (χ4v) is 2.92. The van der Waals surface area contributed by atoms with Crippen LogP contribution in [0.2, 0.25) is 0 Å². The van der Waals surface area contributed by atoms with Gasteiger partial charge < -0.3 is 9.47 Å². The molecule has 0 amide bonds. The first-order valence-corrected chi connectivity index (χ1v) is 8.31. The number of alkyl halides is 1. The minimum Gasteiger partial charge on any atom is -0.372 e. The lowest BCUT2D eigenvalue weighted by molar-refractivity contribution is 0.112. The van der Waals surface area contributed by atoms with Crippen molar-refractivity contribution in [2.75, 3.05) is 0 Å². The topological polar surface area (TPSA) is 35.5 Å². The molecule has 0 bridgehead atoms. The van der Waals surface area contributed by atoms with Crippen molar-refractivity contribution in [3.8, 4) is 0 Å². The molecule has 0 N–H and O–H groups in total. The quantitative estimate of drug-likeness (QED) is 0.596. The van der Waals surface area contributed by atoms with Crippen LogP contribution in [0.25, 0.3) is 0 Å². The number of carbonyl (C=O) groups excluding carboxylic acids is 1. The average molecular weight is 361 g/mol. The molecular weight excluding hydrogens is 344 g/mol. The van der Waals surface area contributed by atoms with Crippen LogP contribution in [0.5, 0.6) is 0 Å². The molecule has 0 unspecified atom stereocenters. The highest BCUT2D eigenvalue weighted by Crippen LogP contribution is 2.21. The summed E-state index contributed by atoms with van der Waals surface area (Å²) in [5, 5.41) is 0.931. The number of benzene rings is 2. The molecule has 22 heavy (non-hydrogen) atoms. The average Bonchev–Trinajstić information content (AvgIpc) is 3.22. The SMILES string of the molecule is BrCc1ccc2c(c1)COC2.O=Cc1ccc2c(c1)COC2. The van der Waals surface area contributed by atoms with Crippen LogP contribution in [0.15, 0.2) is 36.4 Å². The van der Waals surface area contributed by atoms with Gasteiger partial charge in [0.1, 0.15) is 6.29 Å². The lowest BCUT2D eigenvalue weighted by atomic mass is 10.1. The van der Waals surface area contributed by atoms with Crippen molar-refractivity contribution in [3.05, 3.63) is 69.8 Å². The summed E-state index contributed by atoms with van der Waals surface area (Å²) >= 11 is 3.42. The molecule has 0 radical (unpaired) electrons. The second kappa shape index (κ2) is 7.18. The number of halogens is 1. The van der Waals surface area contributed by atoms with Crippen LogP contribution in [0.3, 0.4) is 0 Å². The lowest BCUT2D eigenvalue weighted by Gasteiger charge is -1.98. The zero-order chi connectivity index (χ0) is 15.4. The van der Waals surface area contributed by atoms with Gasteiger partial charge in [0.15, 0.2) is 0 Å². The second-order valence-electron chi connectivity index (χ2n) is 5.37. The van der Waals surface area contributed by atoms with E-state index in [0.29, 0.717) is 13.2 Å². The molecule has 0 saturated heterocycles. The van der Waals surface area contributed by atoms with Crippen molar-refractivity contribution >= 4 is 22.2 Å². The summed E-state index contributed by atoms with van der Waals surface area (Å²) in [7, 11) is 0. The smallest absolute Gasteiger partial charge is 0.150 e. The van der Waals surface area contributed by atoms with E-state index >= 15 is 0 Å². The van der Waals surface area contributed by atoms with Crippen molar-refractivity contribution in [2.45, 2.75) is 31.8 Å². The number of ether oxygens (including phenoxy) is 2. The first-order valence-electron chi connectivity index (χ1n) is 7.19. The maximum absolute atomic E-state index is 10.4. The van der Waals surface area contributed by atoms with Gasteiger partial charge in [0.2, 0.25) is 0 Å². The minimum atomic E-state index is 0.650. The van der Waals surface area contributed by atoms with Crippen LogP contribution in [-0.4, -0.2) is 6.29 Å². The van der Waals surface area contributed by atoms with Gasteiger partial charge in [0.25, 0.3) is 0 Å². The van der Waals surface area contributed by atoms with Crippen molar-refractivity contribution in [3.63, 3.8) is 0 Å². The van der Waals surface area contributed by atoms with Crippen molar-refractivity contribution in [1.82, 2.24) is 0 Å². The summed E-state index contributed by atoms with van der Waals surface area (Å²) in [6.45, 7) is 2.92. The molecule has 3 nitrogen and oxygen atoms in total. The van der Waals surface area contributed by atoms with Crippen LogP contribution in [0.1, 0.15) is 38.2 Å². The van der Waals surface area contributed by atoms with Gasteiger partial charge in [-0.3, -0.25) is 4.79 Å². The summed E-state index contributed by atoms with van der Waals surface area (Å²) in [5.74, 6) is 0. The molecule has 2 aliphatic rings. The summed E-state index contributed by atoms with van der Waals surface area (Å²) in [6, 6.07) is 12.2. The van der Waals surface area contributed by atoms with Gasteiger partial charge in [-0.15, -0.1) is 0 Å². The molecular formula is C18H17BrO3. The van der Waals surface area contributed by atoms with E-state index in [1.165, 1.54) is 22.3 Å². The Bertz CT molecular complexity index is 682. The van der Waals surface area contributed by atoms with Crippen molar-refractivity contribution < 1.29 is 14.3 Å². The number of fused-ring (bicyclic) bond motifs is 2. The van der Waals surface area contributed by atoms with Gasteiger partial charge in [-0.2, -0.15) is 0 Å². The fourth-order valence-electron chi connectivity index (χ4n) is 2.57. The van der Waals surface area contributed by atoms with Gasteiger partial charge in [-0.1, -0.05) is 46.3 Å². The lowest BCUT2D eigenvalue weighted by Crippen LogP contribution is -1.85. The van der Waals surface area contributed by atoms with Crippen LogP contribution < -0.4 is 0 Å². The third kappa shape index (κ3) is 3.46. The van der Waals surface area contributed by atoms with E-state index in [1.54, 1.807) is 0 Å². The number of rotatable bonds is 2. The third-order valence-electron chi connectivity index (χ3n) is 3.82. The largest absolute Gasteiger partial charge is 0.372 e. The van der Waals surface area contributed by atoms with Crippen LogP contribution in [0, 0.1) is 0 Å². The summed E-state index contributed by atoms with van der Waals surface area (Å²) in [4.78, 5) is 10.4. The molecule has 4 heteroatoms. The molecule has 2 aromatic rings. The number of hydrogen-bond donors (Lipinski definition) is 0. The first kappa shape index (κ1) is 15.4. The molecule has 2 aromatic carbocycles. The highest BCUT2D eigenvalue weighted by molar-refractivity contribution is 9.08. The molecule has 0 atom stereocenters. The van der Waals surface area contributed by atoms with E-state index < -0.39 is 0 Å². The highest BCUT2D eigenvalue weighted by atomic mass is 79.9. The predicted molar refractivity (Wildman–Crippen MR) is 87.9 cm³/mol. The number of carbonyl (C=O) groups is 1. The van der Waals surface area contributed by atoms with Crippen molar-refractivity contribution in [1.29, 1.82) is 0 Å². The number of aldehydes is 1. The number of hydrogen-bond acceptors (Lipinski definition) is 3. The third-order valence-corrected chi connectivity index (χ3v) is 4.47. The predicted octanol–water partition coefficient (Wildman–Crippen LogP) is 4.14. The Kier molecular flexibility index (Phi) is 5.03. The van der Waals surface area contributed by atoms with E-state index in [1.807, 2.05) is 18.2 Å². The molecule has 2 heterocycles. The minimum absolute atomic E-state index is 0.650. The van der Waals surface area contributed by atoms with Gasteiger partial charge in [0.05, 0.1) is 26.4 Å². The Balaban J connectivity index is 0.000000131. The molecule has 0 fully saturated rings. The molecule has 0 spiro atoms. The molecule has 4 rings (SSSR count). The van der Waals surface area contributed by atoms with E-state index in [0.717, 1.165) is 36.0 Å². The fraction of sp³-hybridized carbons (Fsp3) is 0.278. The molecule has 0 aromatic heterocycles. The monoisotopic (exact) mass is 360 g/mol. The van der Waals surface area contributed by atoms with Gasteiger partial charge in [-0.05, 0) is 33.9 Å². The normalized spacial score (nSPS) is 14.8. The zero-order valence-electron chi connectivity index (χ0n) is 12.2. The van der Waals surface area contributed by atoms with Gasteiger partial charge in [0, 0.05) is 10.9 Å². The first-order chi connectivity index (χ1) is 10.8. The van der Waals surface area contributed by atoms with Crippen LogP contribution >= 0.6 is 15.9 Å². The summed E-state index contributed by atoms with van der Waals surface area (Å²) in [6.07, 6.45) is 0.860. The second-order valence-corrected chi connectivity index (χ2v) is 5.93. The molecule has 0 aliphatic carbocycles. The Morgan fingerprint density at radius 2 is 1.45 bits per heavy atom. The van der Waals surface area contributed by atoms with Gasteiger partial charge in [-0.25, -0.2) is 0 Å². The standard InChI is InChI=1S/C9H9BrO.C9H8O2/c2*10-4-7-1-2-8-5-11-6-9(8)3-7/h1-3H,4-6H2;1-4H,5-6H2. The Morgan fingerprint density at radius 3 is 2.09 bits per heavy atom. The Hall–Kier alpha value is -1.49. The molecule has 114 valence electrons. The van der Waals surface area contributed by atoms with Crippen molar-refractivity contribution in [2.24, 2.45) is 0 Å². The van der Waals surface area contributed by atoms with E-state index in [2.05, 4.69) is 34.1 Å². The van der Waals surface area contributed by atoms with E-state index in [-0.39, 0.29) is 0 Å². The van der Waals surface area contributed by atoms with Crippen LogP contribution in [0.4, 0.5) is 0 Å². The van der Waals surface area contributed by atoms with E-state index in [9.17, 15) is 4.79 Å². The Labute approximate surface area is 138 Å². The Morgan fingerprint density at radius 1 is 0.864 bits per heavy atom. The summed E-state index contributed by atoms with van der Waals surface area (Å²) < 4.78 is 10.5. The van der Waals surface area contributed by atoms with Crippen LogP contribution in [-0.2, 0) is 41.2 Å².